The molecule has 4 aliphatic heterocycles. The lowest BCUT2D eigenvalue weighted by Gasteiger charge is -2.38. The minimum Gasteiger partial charge on any atom is -0.385 e. The van der Waals surface area contributed by atoms with E-state index in [4.69, 9.17) is 0 Å². The number of benzene rings is 1. The van der Waals surface area contributed by atoms with E-state index in [2.05, 4.69) is 36.4 Å². The van der Waals surface area contributed by atoms with Crippen LogP contribution in [0.2, 0.25) is 0 Å². The first-order valence-corrected chi connectivity index (χ1v) is 14.2. The number of hydrogen-bond donors (Lipinski definition) is 2. The number of nitrogens with one attached hydrogen (secondary N) is 2. The van der Waals surface area contributed by atoms with Crippen molar-refractivity contribution in [1.29, 1.82) is 0 Å². The average Bonchev–Trinajstić information content (AvgIpc) is 3.54. The van der Waals surface area contributed by atoms with Gasteiger partial charge in [-0.3, -0.25) is 34.3 Å². The molecule has 3 fully saturated rings. The zero-order valence-corrected chi connectivity index (χ0v) is 22.6. The Balaban J connectivity index is 0.947. The zero-order valence-electron chi connectivity index (χ0n) is 22.6. The Morgan fingerprint density at radius 2 is 1.75 bits per heavy atom. The minimum atomic E-state index is -0.949. The molecular weight excluding hydrogens is 510 g/mol. The number of piperidine rings is 1. The van der Waals surface area contributed by atoms with Gasteiger partial charge in [-0.2, -0.15) is 0 Å². The highest BCUT2D eigenvalue weighted by Gasteiger charge is 2.44. The van der Waals surface area contributed by atoms with E-state index in [1.165, 1.54) is 6.42 Å². The largest absolute Gasteiger partial charge is 0.385 e. The van der Waals surface area contributed by atoms with Gasteiger partial charge in [0, 0.05) is 63.6 Å². The van der Waals surface area contributed by atoms with Crippen molar-refractivity contribution in [2.45, 2.75) is 37.8 Å². The van der Waals surface area contributed by atoms with Crippen molar-refractivity contribution in [2.24, 2.45) is 0 Å². The molecule has 6 rings (SSSR count). The molecule has 40 heavy (non-hydrogen) atoms. The van der Waals surface area contributed by atoms with Crippen LogP contribution in [0.4, 0.5) is 11.5 Å². The number of fused-ring (bicyclic) bond motifs is 1. The van der Waals surface area contributed by atoms with Crippen molar-refractivity contribution < 1.29 is 19.2 Å². The van der Waals surface area contributed by atoms with Crippen LogP contribution in [0.1, 0.15) is 46.4 Å². The summed E-state index contributed by atoms with van der Waals surface area (Å²) in [6.45, 7) is 8.11. The zero-order chi connectivity index (χ0) is 27.6. The van der Waals surface area contributed by atoms with E-state index in [9.17, 15) is 19.2 Å². The second-order valence-corrected chi connectivity index (χ2v) is 10.9. The fourth-order valence-corrected chi connectivity index (χ4v) is 6.29. The van der Waals surface area contributed by atoms with Crippen molar-refractivity contribution in [1.82, 2.24) is 25.0 Å². The number of pyridine rings is 1. The predicted octanol–water partition coefficient (Wildman–Crippen LogP) is 1.18. The fraction of sp³-hybridized carbons (Fsp3) is 0.483. The first-order chi connectivity index (χ1) is 19.5. The number of nitrogens with zero attached hydrogens (tertiary/aromatic N) is 5. The summed E-state index contributed by atoms with van der Waals surface area (Å²) in [5, 5.41) is 5.61. The Labute approximate surface area is 233 Å². The van der Waals surface area contributed by atoms with Gasteiger partial charge in [0.05, 0.1) is 11.1 Å². The van der Waals surface area contributed by atoms with Gasteiger partial charge in [-0.05, 0) is 62.7 Å². The molecule has 0 aliphatic carbocycles. The normalized spacial score (nSPS) is 24.0. The molecule has 210 valence electrons. The van der Waals surface area contributed by atoms with Gasteiger partial charge < -0.3 is 15.1 Å². The highest BCUT2D eigenvalue weighted by atomic mass is 16.2. The molecule has 1 aromatic carbocycles. The molecule has 11 heteroatoms. The highest BCUT2D eigenvalue weighted by molar-refractivity contribution is 6.23. The van der Waals surface area contributed by atoms with E-state index in [0.717, 1.165) is 75.2 Å². The Bertz CT molecular complexity index is 1290. The number of amides is 4. The molecule has 2 unspecified atom stereocenters. The molecule has 2 atom stereocenters. The Kier molecular flexibility index (Phi) is 7.48. The smallest absolute Gasteiger partial charge is 0.262 e. The number of rotatable bonds is 8. The number of piperazine rings is 1. The van der Waals surface area contributed by atoms with Crippen LogP contribution in [-0.4, -0.2) is 108 Å². The molecular formula is C29H35N7O4. The SMILES string of the molecule is O=C1CCC(N2C(=O)c3ccc(NCCCN4CCC(N5CCN(c6ccccn6)CC5)C4)cc3C2=O)C(=O)N1. The maximum absolute atomic E-state index is 13.0. The summed E-state index contributed by atoms with van der Waals surface area (Å²) in [5.41, 5.74) is 1.37. The maximum atomic E-state index is 13.0. The van der Waals surface area contributed by atoms with E-state index >= 15 is 0 Å². The van der Waals surface area contributed by atoms with Crippen LogP contribution in [0, 0.1) is 0 Å². The average molecular weight is 546 g/mol. The number of imide groups is 2. The third-order valence-electron chi connectivity index (χ3n) is 8.47. The second kappa shape index (κ2) is 11.3. The lowest BCUT2D eigenvalue weighted by atomic mass is 10.0. The first kappa shape index (κ1) is 26.4. The molecule has 1 aromatic heterocycles. The molecule has 2 aromatic rings. The van der Waals surface area contributed by atoms with Gasteiger partial charge in [0.1, 0.15) is 11.9 Å². The minimum absolute atomic E-state index is 0.108. The van der Waals surface area contributed by atoms with Crippen molar-refractivity contribution in [3.05, 3.63) is 53.7 Å². The van der Waals surface area contributed by atoms with Crippen LogP contribution in [0.25, 0.3) is 0 Å². The third-order valence-corrected chi connectivity index (χ3v) is 8.47. The molecule has 0 spiro atoms. The van der Waals surface area contributed by atoms with Crippen LogP contribution >= 0.6 is 0 Å². The molecule has 5 heterocycles. The quantitative estimate of drug-likeness (QED) is 0.372. The number of carbonyl (C=O) groups is 4. The lowest BCUT2D eigenvalue weighted by Crippen LogP contribution is -2.54. The van der Waals surface area contributed by atoms with Gasteiger partial charge in [-0.15, -0.1) is 0 Å². The van der Waals surface area contributed by atoms with Crippen molar-refractivity contribution in [2.75, 3.05) is 62.6 Å². The standard InChI is InChI=1S/C29H35N7O4/c37-26-8-7-24(27(38)32-26)36-28(39)22-6-5-20(18-23(22)29(36)40)30-11-3-12-33-13-9-21(19-33)34-14-16-35(17-15-34)25-4-1-2-10-31-25/h1-2,4-6,10,18,21,24,30H,3,7-9,11-17,19H2,(H,32,37,38). The number of hydrogen-bond acceptors (Lipinski definition) is 9. The van der Waals surface area contributed by atoms with E-state index in [1.54, 1.807) is 18.2 Å². The topological polar surface area (TPSA) is 118 Å². The van der Waals surface area contributed by atoms with Gasteiger partial charge >= 0.3 is 0 Å². The van der Waals surface area contributed by atoms with Crippen LogP contribution in [-0.2, 0) is 9.59 Å². The van der Waals surface area contributed by atoms with E-state index in [0.29, 0.717) is 17.2 Å². The number of aromatic nitrogens is 1. The molecule has 0 radical (unpaired) electrons. The molecule has 3 saturated heterocycles. The summed E-state index contributed by atoms with van der Waals surface area (Å²) < 4.78 is 0. The Morgan fingerprint density at radius 1 is 0.925 bits per heavy atom. The summed E-state index contributed by atoms with van der Waals surface area (Å²) in [5.74, 6) is -0.883. The number of carbonyl (C=O) groups excluding carboxylic acids is 4. The fourth-order valence-electron chi connectivity index (χ4n) is 6.29. The van der Waals surface area contributed by atoms with Gasteiger partial charge in [-0.25, -0.2) is 4.98 Å². The van der Waals surface area contributed by atoms with E-state index in [1.807, 2.05) is 18.3 Å². The third kappa shape index (κ3) is 5.31. The molecule has 0 saturated carbocycles. The van der Waals surface area contributed by atoms with E-state index in [-0.39, 0.29) is 18.7 Å². The van der Waals surface area contributed by atoms with Crippen LogP contribution in [0.3, 0.4) is 0 Å². The maximum Gasteiger partial charge on any atom is 0.262 e. The Hall–Kier alpha value is -3.83. The first-order valence-electron chi connectivity index (χ1n) is 14.2. The van der Waals surface area contributed by atoms with Crippen molar-refractivity contribution in [3.8, 4) is 0 Å². The summed E-state index contributed by atoms with van der Waals surface area (Å²) in [7, 11) is 0. The summed E-state index contributed by atoms with van der Waals surface area (Å²) >= 11 is 0. The molecule has 4 amide bonds. The van der Waals surface area contributed by atoms with Crippen LogP contribution < -0.4 is 15.5 Å². The monoisotopic (exact) mass is 545 g/mol. The van der Waals surface area contributed by atoms with Gasteiger partial charge in [0.2, 0.25) is 11.8 Å². The number of anilines is 2. The predicted molar refractivity (Wildman–Crippen MR) is 149 cm³/mol. The van der Waals surface area contributed by atoms with Crippen LogP contribution in [0.5, 0.6) is 0 Å². The summed E-state index contributed by atoms with van der Waals surface area (Å²) in [4.78, 5) is 62.7. The van der Waals surface area contributed by atoms with Crippen LogP contribution in [0.15, 0.2) is 42.6 Å². The summed E-state index contributed by atoms with van der Waals surface area (Å²) in [6.07, 6.45) is 4.28. The highest BCUT2D eigenvalue weighted by Crippen LogP contribution is 2.29. The van der Waals surface area contributed by atoms with Gasteiger partial charge in [-0.1, -0.05) is 6.07 Å². The lowest BCUT2D eigenvalue weighted by molar-refractivity contribution is -0.136. The van der Waals surface area contributed by atoms with Gasteiger partial charge in [0.25, 0.3) is 11.8 Å². The Morgan fingerprint density at radius 3 is 2.52 bits per heavy atom. The molecule has 0 bridgehead atoms. The van der Waals surface area contributed by atoms with E-state index < -0.39 is 23.8 Å². The number of likely N-dealkylation sites (tertiary alicyclic amines) is 1. The molecule has 11 nitrogen and oxygen atoms in total. The molecule has 4 aliphatic rings. The van der Waals surface area contributed by atoms with Crippen molar-refractivity contribution in [3.63, 3.8) is 0 Å². The molecule has 2 N–H and O–H groups in total. The van der Waals surface area contributed by atoms with Gasteiger partial charge in [0.15, 0.2) is 0 Å². The van der Waals surface area contributed by atoms with Crippen molar-refractivity contribution >= 4 is 35.1 Å². The summed E-state index contributed by atoms with van der Waals surface area (Å²) in [6, 6.07) is 10.9. The second-order valence-electron chi connectivity index (χ2n) is 10.9.